The molecule has 1 aromatic carbocycles. The van der Waals surface area contributed by atoms with Crippen LogP contribution in [0.5, 0.6) is 5.75 Å². The van der Waals surface area contributed by atoms with Gasteiger partial charge in [-0.3, -0.25) is 14.5 Å². The lowest BCUT2D eigenvalue weighted by Gasteiger charge is -2.08. The number of benzene rings is 1. The molecule has 0 spiro atoms. The number of aromatic amines is 1. The molecule has 2 rings (SSSR count). The summed E-state index contributed by atoms with van der Waals surface area (Å²) in [4.78, 5) is 11.8. The highest BCUT2D eigenvalue weighted by Crippen LogP contribution is 2.15. The molecule has 6 nitrogen and oxygen atoms in total. The van der Waals surface area contributed by atoms with Gasteiger partial charge in [0.25, 0.3) is 5.91 Å². The summed E-state index contributed by atoms with van der Waals surface area (Å²) in [5, 5.41) is 10.1. The van der Waals surface area contributed by atoms with Gasteiger partial charge in [0.1, 0.15) is 5.75 Å². The van der Waals surface area contributed by atoms with E-state index in [4.69, 9.17) is 28.6 Å². The van der Waals surface area contributed by atoms with E-state index in [2.05, 4.69) is 22.1 Å². The van der Waals surface area contributed by atoms with Crippen LogP contribution in [-0.4, -0.2) is 27.3 Å². The number of nitrogens with one attached hydrogen (secondary N) is 2. The molecule has 0 aliphatic heterocycles. The molecule has 0 saturated carbocycles. The molecule has 2 aromatic rings. The third kappa shape index (κ3) is 4.44. The molecule has 0 bridgehead atoms. The number of ether oxygens (including phenoxy) is 1. The zero-order valence-corrected chi connectivity index (χ0v) is 13.3. The van der Waals surface area contributed by atoms with Crippen LogP contribution in [0.1, 0.15) is 5.82 Å². The predicted octanol–water partition coefficient (Wildman–Crippen LogP) is 2.48. The van der Waals surface area contributed by atoms with Gasteiger partial charge in [-0.1, -0.05) is 17.7 Å². The average Bonchev–Trinajstić information content (AvgIpc) is 2.86. The Bertz CT molecular complexity index is 708. The zero-order chi connectivity index (χ0) is 15.9. The Kier molecular flexibility index (Phi) is 5.74. The second-order valence-corrected chi connectivity index (χ2v) is 5.19. The maximum Gasteiger partial charge on any atom is 0.258 e. The van der Waals surface area contributed by atoms with E-state index in [0.29, 0.717) is 27.9 Å². The molecule has 0 fully saturated rings. The van der Waals surface area contributed by atoms with Crippen molar-refractivity contribution in [1.82, 2.24) is 20.1 Å². The Hall–Kier alpha value is -2.12. The second kappa shape index (κ2) is 7.77. The lowest BCUT2D eigenvalue weighted by atomic mass is 10.3. The number of allylic oxidation sites excluding steroid dienone is 1. The lowest BCUT2D eigenvalue weighted by molar-refractivity contribution is -0.123. The van der Waals surface area contributed by atoms with Crippen molar-refractivity contribution in [3.8, 4) is 5.75 Å². The molecule has 0 aliphatic carbocycles. The molecule has 2 N–H and O–H groups in total. The molecular weight excluding hydrogens is 324 g/mol. The number of carbonyl (C=O) groups excluding carboxylic acids is 1. The zero-order valence-electron chi connectivity index (χ0n) is 11.7. The highest BCUT2D eigenvalue weighted by atomic mass is 35.5. The molecule has 22 heavy (non-hydrogen) atoms. The molecule has 8 heteroatoms. The van der Waals surface area contributed by atoms with Crippen LogP contribution in [0, 0.1) is 4.77 Å². The number of halogens is 1. The first-order valence-electron chi connectivity index (χ1n) is 6.50. The highest BCUT2D eigenvalue weighted by Gasteiger charge is 2.08. The number of hydrogen-bond acceptors (Lipinski definition) is 4. The highest BCUT2D eigenvalue weighted by molar-refractivity contribution is 7.71. The van der Waals surface area contributed by atoms with Crippen molar-refractivity contribution in [3.63, 3.8) is 0 Å². The third-order valence-electron chi connectivity index (χ3n) is 2.78. The van der Waals surface area contributed by atoms with Crippen molar-refractivity contribution in [2.45, 2.75) is 13.1 Å². The minimum absolute atomic E-state index is 0.0890. The number of amides is 1. The number of aromatic nitrogens is 3. The Balaban J connectivity index is 1.84. The molecular formula is C14H15ClN4O2S. The van der Waals surface area contributed by atoms with E-state index >= 15 is 0 Å². The van der Waals surface area contributed by atoms with Crippen LogP contribution < -0.4 is 10.1 Å². The molecule has 0 unspecified atom stereocenters. The fourth-order valence-corrected chi connectivity index (χ4v) is 2.06. The van der Waals surface area contributed by atoms with Crippen LogP contribution in [0.3, 0.4) is 0 Å². The Morgan fingerprint density at radius 3 is 2.91 bits per heavy atom. The van der Waals surface area contributed by atoms with E-state index in [1.807, 2.05) is 0 Å². The summed E-state index contributed by atoms with van der Waals surface area (Å²) in [6.07, 6.45) is 1.71. The number of H-pyrrole nitrogens is 1. The minimum atomic E-state index is -0.256. The maximum absolute atomic E-state index is 11.8. The molecule has 0 aliphatic rings. The van der Waals surface area contributed by atoms with Crippen molar-refractivity contribution in [2.24, 2.45) is 0 Å². The largest absolute Gasteiger partial charge is 0.484 e. The summed E-state index contributed by atoms with van der Waals surface area (Å²) in [5.74, 6) is 0.952. The normalized spacial score (nSPS) is 10.2. The van der Waals surface area contributed by atoms with Gasteiger partial charge in [0.05, 0.1) is 6.54 Å². The summed E-state index contributed by atoms with van der Waals surface area (Å²) < 4.78 is 7.59. The van der Waals surface area contributed by atoms with E-state index in [9.17, 15) is 4.79 Å². The van der Waals surface area contributed by atoms with Gasteiger partial charge in [-0.2, -0.15) is 5.10 Å². The van der Waals surface area contributed by atoms with Crippen LogP contribution >= 0.6 is 23.8 Å². The van der Waals surface area contributed by atoms with E-state index < -0.39 is 0 Å². The standard InChI is InChI=1S/C14H15ClN4O2S/c1-2-7-19-12(17-18-14(19)22)8-16-13(20)9-21-11-5-3-10(15)4-6-11/h2-6H,1,7-9H2,(H,16,20)(H,18,22). The predicted molar refractivity (Wildman–Crippen MR) is 86.4 cm³/mol. The third-order valence-corrected chi connectivity index (χ3v) is 3.34. The molecule has 0 saturated heterocycles. The van der Waals surface area contributed by atoms with Crippen LogP contribution in [0.4, 0.5) is 0 Å². The molecule has 116 valence electrons. The van der Waals surface area contributed by atoms with Crippen molar-refractivity contribution in [3.05, 3.63) is 52.5 Å². The van der Waals surface area contributed by atoms with Gasteiger partial charge < -0.3 is 10.1 Å². The van der Waals surface area contributed by atoms with Crippen LogP contribution in [-0.2, 0) is 17.9 Å². The van der Waals surface area contributed by atoms with Crippen LogP contribution in [0.25, 0.3) is 0 Å². The van der Waals surface area contributed by atoms with Gasteiger partial charge in [-0.05, 0) is 36.5 Å². The summed E-state index contributed by atoms with van der Waals surface area (Å²) in [6, 6.07) is 6.79. The SMILES string of the molecule is C=CCn1c(CNC(=O)COc2ccc(Cl)cc2)n[nH]c1=S. The van der Waals surface area contributed by atoms with Crippen LogP contribution in [0.2, 0.25) is 5.02 Å². The summed E-state index contributed by atoms with van der Waals surface area (Å²) >= 11 is 10.9. The van der Waals surface area contributed by atoms with Crippen LogP contribution in [0.15, 0.2) is 36.9 Å². The molecule has 0 radical (unpaired) electrons. The lowest BCUT2D eigenvalue weighted by Crippen LogP contribution is -2.29. The average molecular weight is 339 g/mol. The Morgan fingerprint density at radius 1 is 1.50 bits per heavy atom. The van der Waals surface area contributed by atoms with Gasteiger partial charge in [0, 0.05) is 11.6 Å². The first kappa shape index (κ1) is 16.3. The Labute approximate surface area is 137 Å². The monoisotopic (exact) mass is 338 g/mol. The van der Waals surface area contributed by atoms with Gasteiger partial charge in [-0.15, -0.1) is 6.58 Å². The topological polar surface area (TPSA) is 71.9 Å². The summed E-state index contributed by atoms with van der Waals surface area (Å²) in [5.41, 5.74) is 0. The van der Waals surface area contributed by atoms with Gasteiger partial charge in [0.2, 0.25) is 0 Å². The molecule has 1 aromatic heterocycles. The fraction of sp³-hybridized carbons (Fsp3) is 0.214. The van der Waals surface area contributed by atoms with E-state index in [1.165, 1.54) is 0 Å². The first-order chi connectivity index (χ1) is 10.6. The molecule has 1 amide bonds. The van der Waals surface area contributed by atoms with Crippen molar-refractivity contribution in [2.75, 3.05) is 6.61 Å². The second-order valence-electron chi connectivity index (χ2n) is 4.36. The number of rotatable bonds is 7. The first-order valence-corrected chi connectivity index (χ1v) is 7.29. The van der Waals surface area contributed by atoms with Crippen molar-refractivity contribution in [1.29, 1.82) is 0 Å². The minimum Gasteiger partial charge on any atom is -0.484 e. The summed E-state index contributed by atoms with van der Waals surface area (Å²) in [7, 11) is 0. The smallest absolute Gasteiger partial charge is 0.258 e. The number of hydrogen-bond donors (Lipinski definition) is 2. The number of nitrogens with zero attached hydrogens (tertiary/aromatic N) is 2. The molecule has 1 heterocycles. The fourth-order valence-electron chi connectivity index (χ4n) is 1.71. The maximum atomic E-state index is 11.8. The van der Waals surface area contributed by atoms with Gasteiger partial charge in [-0.25, -0.2) is 0 Å². The Morgan fingerprint density at radius 2 is 2.23 bits per heavy atom. The molecule has 0 atom stereocenters. The van der Waals surface area contributed by atoms with E-state index in [0.717, 1.165) is 0 Å². The van der Waals surface area contributed by atoms with E-state index in [1.54, 1.807) is 34.9 Å². The van der Waals surface area contributed by atoms with Crippen molar-refractivity contribution >= 4 is 29.7 Å². The van der Waals surface area contributed by atoms with Crippen molar-refractivity contribution < 1.29 is 9.53 Å². The van der Waals surface area contributed by atoms with Gasteiger partial charge in [0.15, 0.2) is 17.2 Å². The quantitative estimate of drug-likeness (QED) is 0.601. The van der Waals surface area contributed by atoms with E-state index in [-0.39, 0.29) is 19.1 Å². The summed E-state index contributed by atoms with van der Waals surface area (Å²) in [6.45, 7) is 4.35. The number of carbonyl (C=O) groups is 1. The van der Waals surface area contributed by atoms with Gasteiger partial charge >= 0.3 is 0 Å².